The van der Waals surface area contributed by atoms with Crippen LogP contribution in [0.5, 0.6) is 0 Å². The van der Waals surface area contributed by atoms with Crippen molar-refractivity contribution in [2.45, 2.75) is 12.1 Å². The smallest absolute Gasteiger partial charge is 0.0883 e. The Kier molecular flexibility index (Phi) is 3.60. The summed E-state index contributed by atoms with van der Waals surface area (Å²) < 4.78 is 0. The first-order valence-electron chi connectivity index (χ1n) is 5.45. The van der Waals surface area contributed by atoms with Crippen molar-refractivity contribution in [1.82, 2.24) is 0 Å². The zero-order chi connectivity index (χ0) is 12.1. The molecule has 0 spiro atoms. The fraction of sp³-hybridized carbons (Fsp3) is 0.231. The van der Waals surface area contributed by atoms with E-state index in [4.69, 9.17) is 5.53 Å². The molecule has 1 aliphatic rings. The lowest BCUT2D eigenvalue weighted by Gasteiger charge is -2.22. The summed E-state index contributed by atoms with van der Waals surface area (Å²) in [5.74, 6) is -0.0406. The van der Waals surface area contributed by atoms with Crippen LogP contribution in [-0.2, 0) is 0 Å². The highest BCUT2D eigenvalue weighted by Gasteiger charge is 2.26. The largest absolute Gasteiger partial charge is 0.388 e. The molecule has 4 nitrogen and oxygen atoms in total. The highest BCUT2D eigenvalue weighted by atomic mass is 16.3. The minimum absolute atomic E-state index is 0.0406. The molecule has 2 atom stereocenters. The number of azide groups is 1. The van der Waals surface area contributed by atoms with Crippen LogP contribution in [0.15, 0.2) is 59.8 Å². The molecule has 86 valence electrons. The van der Waals surface area contributed by atoms with Crippen LogP contribution in [-0.4, -0.2) is 11.1 Å². The van der Waals surface area contributed by atoms with Crippen LogP contribution in [0.25, 0.3) is 10.4 Å². The van der Waals surface area contributed by atoms with Gasteiger partial charge in [-0.2, -0.15) is 0 Å². The average Bonchev–Trinajstić information content (AvgIpc) is 2.90. The molecule has 0 radical (unpaired) electrons. The molecule has 2 rings (SSSR count). The molecule has 0 saturated carbocycles. The van der Waals surface area contributed by atoms with Crippen LogP contribution in [0.3, 0.4) is 0 Å². The highest BCUT2D eigenvalue weighted by Crippen LogP contribution is 2.28. The first-order chi connectivity index (χ1) is 8.33. The molecule has 4 heteroatoms. The van der Waals surface area contributed by atoms with E-state index in [1.165, 1.54) is 0 Å². The van der Waals surface area contributed by atoms with Crippen molar-refractivity contribution in [3.63, 3.8) is 0 Å². The van der Waals surface area contributed by atoms with Crippen LogP contribution in [0.4, 0.5) is 0 Å². The quantitative estimate of drug-likeness (QED) is 0.479. The number of aliphatic hydroxyl groups excluding tert-OH is 1. The van der Waals surface area contributed by atoms with E-state index >= 15 is 0 Å². The molecule has 1 aliphatic carbocycles. The van der Waals surface area contributed by atoms with Crippen molar-refractivity contribution in [1.29, 1.82) is 0 Å². The van der Waals surface area contributed by atoms with Crippen molar-refractivity contribution in [2.75, 3.05) is 0 Å². The molecule has 0 aliphatic heterocycles. The van der Waals surface area contributed by atoms with Gasteiger partial charge in [0.2, 0.25) is 0 Å². The third-order valence-electron chi connectivity index (χ3n) is 2.82. The summed E-state index contributed by atoms with van der Waals surface area (Å²) >= 11 is 0. The SMILES string of the molecule is [N-]=[N+]=N[C@H](C1C=CC=C1)[C@H](O)c1ccccc1. The standard InChI is InChI=1S/C13H13N3O/c14-16-15-12(10-6-4-5-7-10)13(17)11-8-2-1-3-9-11/h1-10,12-13,17H/t12-,13-/m1/s1. The Bertz CT molecular complexity index is 463. The van der Waals surface area contributed by atoms with E-state index in [9.17, 15) is 5.11 Å². The lowest BCUT2D eigenvalue weighted by atomic mass is 9.92. The monoisotopic (exact) mass is 227 g/mol. The maximum atomic E-state index is 10.2. The fourth-order valence-corrected chi connectivity index (χ4v) is 1.93. The van der Waals surface area contributed by atoms with Crippen molar-refractivity contribution in [3.05, 3.63) is 70.6 Å². The zero-order valence-electron chi connectivity index (χ0n) is 9.22. The molecule has 0 saturated heterocycles. The van der Waals surface area contributed by atoms with E-state index in [0.29, 0.717) is 0 Å². The second kappa shape index (κ2) is 5.34. The number of rotatable bonds is 4. The van der Waals surface area contributed by atoms with Crippen LogP contribution < -0.4 is 0 Å². The first kappa shape index (κ1) is 11.5. The van der Waals surface area contributed by atoms with Gasteiger partial charge in [0, 0.05) is 10.8 Å². The van der Waals surface area contributed by atoms with Gasteiger partial charge in [-0.3, -0.25) is 0 Å². The molecule has 0 amide bonds. The van der Waals surface area contributed by atoms with E-state index in [1.807, 2.05) is 54.6 Å². The number of benzene rings is 1. The van der Waals surface area contributed by atoms with Crippen LogP contribution in [0, 0.1) is 5.92 Å². The molecule has 0 aromatic heterocycles. The lowest BCUT2D eigenvalue weighted by Crippen LogP contribution is -2.22. The predicted molar refractivity (Wildman–Crippen MR) is 66.1 cm³/mol. The lowest BCUT2D eigenvalue weighted by molar-refractivity contribution is 0.136. The van der Waals surface area contributed by atoms with Crippen LogP contribution >= 0.6 is 0 Å². The van der Waals surface area contributed by atoms with Crippen molar-refractivity contribution in [2.24, 2.45) is 11.0 Å². The summed E-state index contributed by atoms with van der Waals surface area (Å²) in [7, 11) is 0. The van der Waals surface area contributed by atoms with Gasteiger partial charge >= 0.3 is 0 Å². The Labute approximate surface area is 99.5 Å². The molecular weight excluding hydrogens is 214 g/mol. The third-order valence-corrected chi connectivity index (χ3v) is 2.82. The van der Waals surface area contributed by atoms with Gasteiger partial charge in [0.15, 0.2) is 0 Å². The van der Waals surface area contributed by atoms with Gasteiger partial charge in [-0.1, -0.05) is 59.8 Å². The van der Waals surface area contributed by atoms with Crippen LogP contribution in [0.1, 0.15) is 11.7 Å². The first-order valence-corrected chi connectivity index (χ1v) is 5.45. The number of allylic oxidation sites excluding steroid dienone is 2. The molecule has 1 aromatic carbocycles. The van der Waals surface area contributed by atoms with Crippen molar-refractivity contribution in [3.8, 4) is 0 Å². The Balaban J connectivity index is 2.24. The Morgan fingerprint density at radius 3 is 2.41 bits per heavy atom. The number of hydrogen-bond acceptors (Lipinski definition) is 2. The van der Waals surface area contributed by atoms with E-state index in [0.717, 1.165) is 5.56 Å². The second-order valence-electron chi connectivity index (χ2n) is 3.90. The summed E-state index contributed by atoms with van der Waals surface area (Å²) in [4.78, 5) is 2.82. The van der Waals surface area contributed by atoms with Gasteiger partial charge in [0.1, 0.15) is 0 Å². The Morgan fingerprint density at radius 1 is 1.18 bits per heavy atom. The Morgan fingerprint density at radius 2 is 1.82 bits per heavy atom. The van der Waals surface area contributed by atoms with E-state index < -0.39 is 12.1 Å². The zero-order valence-corrected chi connectivity index (χ0v) is 9.22. The van der Waals surface area contributed by atoms with Gasteiger partial charge < -0.3 is 5.11 Å². The van der Waals surface area contributed by atoms with Gasteiger partial charge in [0.05, 0.1) is 12.1 Å². The van der Waals surface area contributed by atoms with Gasteiger partial charge in [-0.25, -0.2) is 0 Å². The summed E-state index contributed by atoms with van der Waals surface area (Å²) in [6.45, 7) is 0. The normalized spacial score (nSPS) is 17.7. The Hall–Kier alpha value is -2.03. The van der Waals surface area contributed by atoms with Gasteiger partial charge in [-0.15, -0.1) is 0 Å². The number of hydrogen-bond donors (Lipinski definition) is 1. The second-order valence-corrected chi connectivity index (χ2v) is 3.90. The maximum absolute atomic E-state index is 10.2. The van der Waals surface area contributed by atoms with Crippen molar-refractivity contribution < 1.29 is 5.11 Å². The number of nitrogens with zero attached hydrogens (tertiary/aromatic N) is 3. The topological polar surface area (TPSA) is 69.0 Å². The van der Waals surface area contributed by atoms with E-state index in [-0.39, 0.29) is 5.92 Å². The van der Waals surface area contributed by atoms with E-state index in [1.54, 1.807) is 0 Å². The summed E-state index contributed by atoms with van der Waals surface area (Å²) in [5.41, 5.74) is 9.35. The molecule has 0 bridgehead atoms. The summed E-state index contributed by atoms with van der Waals surface area (Å²) in [6, 6.07) is 8.74. The minimum Gasteiger partial charge on any atom is -0.388 e. The highest BCUT2D eigenvalue weighted by molar-refractivity contribution is 5.25. The number of aliphatic hydroxyl groups is 1. The average molecular weight is 227 g/mol. The molecule has 17 heavy (non-hydrogen) atoms. The maximum Gasteiger partial charge on any atom is 0.0883 e. The molecule has 1 aromatic rings. The minimum atomic E-state index is -0.788. The molecule has 1 N–H and O–H groups in total. The summed E-state index contributed by atoms with van der Waals surface area (Å²) in [6.07, 6.45) is 6.84. The van der Waals surface area contributed by atoms with Crippen LogP contribution in [0.2, 0.25) is 0 Å². The molecule has 0 fully saturated rings. The fourth-order valence-electron chi connectivity index (χ4n) is 1.93. The molecule has 0 unspecified atom stereocenters. The van der Waals surface area contributed by atoms with Gasteiger partial charge in [0.25, 0.3) is 0 Å². The third kappa shape index (κ3) is 2.56. The molecule has 0 heterocycles. The van der Waals surface area contributed by atoms with E-state index in [2.05, 4.69) is 10.0 Å². The predicted octanol–water partition coefficient (Wildman–Crippen LogP) is 3.14. The van der Waals surface area contributed by atoms with Crippen molar-refractivity contribution >= 4 is 0 Å². The molecular formula is C13H13N3O. The summed E-state index contributed by atoms with van der Waals surface area (Å²) in [5, 5.41) is 13.9. The van der Waals surface area contributed by atoms with Gasteiger partial charge in [-0.05, 0) is 11.1 Å².